The molecule has 27 heavy (non-hydrogen) atoms. The lowest BCUT2D eigenvalue weighted by Gasteiger charge is -2.41. The van der Waals surface area contributed by atoms with Crippen LogP contribution in [0, 0.1) is 5.92 Å². The highest BCUT2D eigenvalue weighted by molar-refractivity contribution is 6.04. The molecule has 7 heteroatoms. The first-order chi connectivity index (χ1) is 12.8. The lowest BCUT2D eigenvalue weighted by atomic mass is 10.0. The second-order valence-electron chi connectivity index (χ2n) is 7.79. The van der Waals surface area contributed by atoms with Gasteiger partial charge in [-0.05, 0) is 58.4 Å². The van der Waals surface area contributed by atoms with Gasteiger partial charge < -0.3 is 20.7 Å². The van der Waals surface area contributed by atoms with Gasteiger partial charge >= 0.3 is 6.09 Å². The molecule has 1 unspecified atom stereocenters. The molecule has 2 aliphatic rings. The summed E-state index contributed by atoms with van der Waals surface area (Å²) in [5.41, 5.74) is 8.61. The second-order valence-corrected chi connectivity index (χ2v) is 7.79. The summed E-state index contributed by atoms with van der Waals surface area (Å²) in [6.07, 6.45) is 1.29. The zero-order chi connectivity index (χ0) is 19.7. The molecule has 0 spiro atoms. The Bertz CT molecular complexity index is 717. The van der Waals surface area contributed by atoms with Gasteiger partial charge in [-0.15, -0.1) is 0 Å². The van der Waals surface area contributed by atoms with Crippen molar-refractivity contribution in [2.75, 3.05) is 29.9 Å². The maximum atomic E-state index is 12.9. The van der Waals surface area contributed by atoms with Gasteiger partial charge in [-0.2, -0.15) is 0 Å². The number of carbonyl (C=O) groups excluding carboxylic acids is 2. The van der Waals surface area contributed by atoms with Crippen LogP contribution in [-0.2, 0) is 9.53 Å². The van der Waals surface area contributed by atoms with Gasteiger partial charge in [0, 0.05) is 25.0 Å². The lowest BCUT2D eigenvalue weighted by molar-refractivity contribution is -0.120. The molecule has 0 saturated heterocycles. The minimum atomic E-state index is -0.393. The Morgan fingerprint density at radius 1 is 1.30 bits per heavy atom. The zero-order valence-electron chi connectivity index (χ0n) is 16.6. The summed E-state index contributed by atoms with van der Waals surface area (Å²) in [6, 6.07) is 5.46. The molecule has 0 aromatic heterocycles. The van der Waals surface area contributed by atoms with Crippen molar-refractivity contribution >= 4 is 23.4 Å². The highest BCUT2D eigenvalue weighted by Crippen LogP contribution is 2.41. The van der Waals surface area contributed by atoms with Crippen molar-refractivity contribution in [3.8, 4) is 0 Å². The minimum Gasteiger partial charge on any atom is -0.446 e. The number of fused-ring (bicyclic) bond motifs is 1. The molecule has 1 saturated carbocycles. The molecular formula is C20H30N4O3. The first kappa shape index (κ1) is 19.6. The number of nitrogens with one attached hydrogen (secondary N) is 1. The molecule has 1 fully saturated rings. The van der Waals surface area contributed by atoms with Gasteiger partial charge in [-0.3, -0.25) is 9.69 Å². The van der Waals surface area contributed by atoms with E-state index in [4.69, 9.17) is 10.5 Å². The predicted molar refractivity (Wildman–Crippen MR) is 106 cm³/mol. The molecule has 2 amide bonds. The fourth-order valence-corrected chi connectivity index (χ4v) is 3.51. The van der Waals surface area contributed by atoms with Crippen LogP contribution < -0.4 is 20.9 Å². The monoisotopic (exact) mass is 374 g/mol. The Morgan fingerprint density at radius 3 is 2.59 bits per heavy atom. The van der Waals surface area contributed by atoms with Gasteiger partial charge in [-0.25, -0.2) is 4.79 Å². The fraction of sp³-hybridized carbons (Fsp3) is 0.600. The highest BCUT2D eigenvalue weighted by Gasteiger charge is 2.41. The van der Waals surface area contributed by atoms with E-state index in [2.05, 4.69) is 5.32 Å². The third-order valence-electron chi connectivity index (χ3n) is 5.01. The van der Waals surface area contributed by atoms with Crippen LogP contribution in [-0.4, -0.2) is 44.3 Å². The average Bonchev–Trinajstić information content (AvgIpc) is 3.45. The van der Waals surface area contributed by atoms with E-state index < -0.39 is 6.09 Å². The van der Waals surface area contributed by atoms with Crippen molar-refractivity contribution in [1.82, 2.24) is 5.32 Å². The quantitative estimate of drug-likeness (QED) is 0.826. The van der Waals surface area contributed by atoms with Crippen LogP contribution in [0.2, 0.25) is 0 Å². The summed E-state index contributed by atoms with van der Waals surface area (Å²) in [5, 5.41) is 3.07. The molecule has 148 valence electrons. The molecule has 1 aliphatic carbocycles. The summed E-state index contributed by atoms with van der Waals surface area (Å²) in [5.74, 6) is 0.258. The lowest BCUT2D eigenvalue weighted by Crippen LogP contribution is -2.52. The average molecular weight is 374 g/mol. The Morgan fingerprint density at radius 2 is 2.00 bits per heavy atom. The van der Waals surface area contributed by atoms with Crippen LogP contribution >= 0.6 is 0 Å². The van der Waals surface area contributed by atoms with Crippen LogP contribution in [0.1, 0.15) is 45.2 Å². The van der Waals surface area contributed by atoms with Gasteiger partial charge in [0.1, 0.15) is 0 Å². The Balaban J connectivity index is 2.01. The molecule has 2 atom stereocenters. The van der Waals surface area contributed by atoms with Crippen molar-refractivity contribution in [2.24, 2.45) is 11.7 Å². The Labute approximate surface area is 160 Å². The summed E-state index contributed by atoms with van der Waals surface area (Å²) in [6.45, 7) is 6.65. The van der Waals surface area contributed by atoms with E-state index in [0.717, 1.165) is 24.1 Å². The molecule has 3 N–H and O–H groups in total. The smallest absolute Gasteiger partial charge is 0.414 e. The highest BCUT2D eigenvalue weighted by atomic mass is 16.6. The zero-order valence-corrected chi connectivity index (χ0v) is 16.6. The van der Waals surface area contributed by atoms with Crippen molar-refractivity contribution in [2.45, 2.75) is 51.8 Å². The number of hydrogen-bond donors (Lipinski definition) is 2. The maximum Gasteiger partial charge on any atom is 0.414 e. The largest absolute Gasteiger partial charge is 0.446 e. The summed E-state index contributed by atoms with van der Waals surface area (Å²) in [4.78, 5) is 29.0. The number of nitrogens with zero attached hydrogens (tertiary/aromatic N) is 2. The predicted octanol–water partition coefficient (Wildman–Crippen LogP) is 2.40. The van der Waals surface area contributed by atoms with Crippen molar-refractivity contribution < 1.29 is 14.3 Å². The molecule has 7 nitrogen and oxygen atoms in total. The SMILES string of the molecule is CNCC(N)c1ccc2c(c1)N(C(=O)OC(C)C)C[C@H](C)N2C(=O)C1CC1. The van der Waals surface area contributed by atoms with Crippen molar-refractivity contribution in [3.05, 3.63) is 23.8 Å². The van der Waals surface area contributed by atoms with Gasteiger partial charge in [0.05, 0.1) is 23.5 Å². The van der Waals surface area contributed by atoms with E-state index in [1.807, 2.05) is 50.9 Å². The van der Waals surface area contributed by atoms with E-state index in [9.17, 15) is 9.59 Å². The van der Waals surface area contributed by atoms with E-state index >= 15 is 0 Å². The molecule has 1 aliphatic heterocycles. The third kappa shape index (κ3) is 4.09. The summed E-state index contributed by atoms with van der Waals surface area (Å²) >= 11 is 0. The Hall–Kier alpha value is -2.12. The van der Waals surface area contributed by atoms with E-state index in [0.29, 0.717) is 18.8 Å². The van der Waals surface area contributed by atoms with E-state index in [1.54, 1.807) is 4.90 Å². The normalized spacial score (nSPS) is 20.4. The molecule has 0 radical (unpaired) electrons. The first-order valence-corrected chi connectivity index (χ1v) is 9.68. The van der Waals surface area contributed by atoms with Crippen LogP contribution in [0.3, 0.4) is 0 Å². The third-order valence-corrected chi connectivity index (χ3v) is 5.01. The molecule has 0 bridgehead atoms. The van der Waals surface area contributed by atoms with E-state index in [-0.39, 0.29) is 30.0 Å². The maximum absolute atomic E-state index is 12.9. The Kier molecular flexibility index (Phi) is 5.72. The van der Waals surface area contributed by atoms with Crippen LogP contribution in [0.4, 0.5) is 16.2 Å². The van der Waals surface area contributed by atoms with Crippen molar-refractivity contribution in [3.63, 3.8) is 0 Å². The minimum absolute atomic E-state index is 0.109. The number of hydrogen-bond acceptors (Lipinski definition) is 5. The number of rotatable bonds is 5. The first-order valence-electron chi connectivity index (χ1n) is 9.68. The molecule has 3 rings (SSSR count). The summed E-state index contributed by atoms with van der Waals surface area (Å²) < 4.78 is 5.44. The summed E-state index contributed by atoms with van der Waals surface area (Å²) in [7, 11) is 1.85. The van der Waals surface area contributed by atoms with Gasteiger partial charge in [-0.1, -0.05) is 6.07 Å². The number of ether oxygens (including phenoxy) is 1. The number of benzene rings is 1. The van der Waals surface area contributed by atoms with Gasteiger partial charge in [0.15, 0.2) is 0 Å². The number of nitrogens with two attached hydrogens (primary N) is 1. The van der Waals surface area contributed by atoms with Crippen LogP contribution in [0.25, 0.3) is 0 Å². The van der Waals surface area contributed by atoms with Crippen LogP contribution in [0.15, 0.2) is 18.2 Å². The molecule has 1 aromatic carbocycles. The number of carbonyl (C=O) groups is 2. The topological polar surface area (TPSA) is 87.9 Å². The number of amides is 2. The number of likely N-dealkylation sites (N-methyl/N-ethyl adjacent to an activating group) is 1. The standard InChI is InChI=1S/C20H30N4O3/c1-12(2)27-20(26)23-11-13(3)24(19(25)14-5-6-14)17-8-7-15(9-18(17)23)16(21)10-22-4/h7-9,12-14,16,22H,5-6,10-11,21H2,1-4H3/t13-,16?/m0/s1. The fourth-order valence-electron chi connectivity index (χ4n) is 3.51. The van der Waals surface area contributed by atoms with Crippen LogP contribution in [0.5, 0.6) is 0 Å². The van der Waals surface area contributed by atoms with Crippen molar-refractivity contribution in [1.29, 1.82) is 0 Å². The molecule has 1 heterocycles. The molecule has 1 aromatic rings. The molecular weight excluding hydrogens is 344 g/mol. The van der Waals surface area contributed by atoms with Gasteiger partial charge in [0.2, 0.25) is 5.91 Å². The van der Waals surface area contributed by atoms with E-state index in [1.165, 1.54) is 0 Å². The number of anilines is 2. The van der Waals surface area contributed by atoms with Gasteiger partial charge in [0.25, 0.3) is 0 Å². The second kappa shape index (κ2) is 7.86.